The standard InChI is InChI=1S/C15H27N3OS/c1-16-14(17-10-15(19)6-7-20-11-15)18-8-12-4-2-3-5-13(12)9-18/h12-13,19H,2-11H2,1H3,(H,16,17). The molecule has 3 fully saturated rings. The fraction of sp³-hybridized carbons (Fsp3) is 0.933. The van der Waals surface area contributed by atoms with Crippen molar-refractivity contribution in [1.29, 1.82) is 0 Å². The summed E-state index contributed by atoms with van der Waals surface area (Å²) in [6.45, 7) is 2.94. The summed E-state index contributed by atoms with van der Waals surface area (Å²) in [5.74, 6) is 4.65. The first-order valence-electron chi connectivity index (χ1n) is 7.96. The maximum absolute atomic E-state index is 10.4. The third-order valence-electron chi connectivity index (χ3n) is 5.15. The molecule has 0 radical (unpaired) electrons. The van der Waals surface area contributed by atoms with Gasteiger partial charge in [0.05, 0.1) is 5.60 Å². The summed E-state index contributed by atoms with van der Waals surface area (Å²) in [6, 6.07) is 0. The van der Waals surface area contributed by atoms with E-state index >= 15 is 0 Å². The molecule has 0 bridgehead atoms. The average Bonchev–Trinajstić information content (AvgIpc) is 3.06. The van der Waals surface area contributed by atoms with Crippen LogP contribution in [0.15, 0.2) is 4.99 Å². The minimum atomic E-state index is -0.535. The Morgan fingerprint density at radius 3 is 2.60 bits per heavy atom. The summed E-state index contributed by atoms with van der Waals surface area (Å²) in [5, 5.41) is 13.8. The van der Waals surface area contributed by atoms with E-state index in [0.29, 0.717) is 6.54 Å². The number of guanidine groups is 1. The number of fused-ring (bicyclic) bond motifs is 1. The van der Waals surface area contributed by atoms with Crippen LogP contribution in [0.4, 0.5) is 0 Å². The van der Waals surface area contributed by atoms with Gasteiger partial charge in [-0.15, -0.1) is 0 Å². The molecule has 0 amide bonds. The number of aliphatic imine (C=N–C) groups is 1. The number of thioether (sulfide) groups is 1. The number of likely N-dealkylation sites (tertiary alicyclic amines) is 1. The number of nitrogens with zero attached hydrogens (tertiary/aromatic N) is 2. The van der Waals surface area contributed by atoms with Gasteiger partial charge < -0.3 is 15.3 Å². The lowest BCUT2D eigenvalue weighted by molar-refractivity contribution is 0.0718. The highest BCUT2D eigenvalue weighted by molar-refractivity contribution is 7.99. The van der Waals surface area contributed by atoms with Crippen LogP contribution >= 0.6 is 11.8 Å². The Labute approximate surface area is 126 Å². The van der Waals surface area contributed by atoms with E-state index in [1.807, 2.05) is 18.8 Å². The van der Waals surface area contributed by atoms with Gasteiger partial charge in [0.1, 0.15) is 0 Å². The molecule has 3 atom stereocenters. The normalized spacial score (nSPS) is 38.1. The van der Waals surface area contributed by atoms with Crippen LogP contribution < -0.4 is 5.32 Å². The smallest absolute Gasteiger partial charge is 0.193 e. The highest BCUT2D eigenvalue weighted by Crippen LogP contribution is 2.36. The number of nitrogens with one attached hydrogen (secondary N) is 1. The van der Waals surface area contributed by atoms with Crippen LogP contribution in [-0.2, 0) is 0 Å². The van der Waals surface area contributed by atoms with Gasteiger partial charge >= 0.3 is 0 Å². The van der Waals surface area contributed by atoms with Gasteiger partial charge in [-0.3, -0.25) is 4.99 Å². The Morgan fingerprint density at radius 2 is 2.05 bits per heavy atom. The zero-order chi connectivity index (χ0) is 14.0. The number of rotatable bonds is 2. The summed E-state index contributed by atoms with van der Waals surface area (Å²) in [4.78, 5) is 6.84. The maximum atomic E-state index is 10.4. The second-order valence-corrected chi connectivity index (χ2v) is 7.74. The molecule has 3 unspecified atom stereocenters. The van der Waals surface area contributed by atoms with E-state index in [0.717, 1.165) is 48.8 Å². The molecule has 0 spiro atoms. The number of hydrogen-bond acceptors (Lipinski definition) is 3. The van der Waals surface area contributed by atoms with Crippen molar-refractivity contribution in [3.05, 3.63) is 0 Å². The SMILES string of the molecule is CN=C(NCC1(O)CCSC1)N1CC2CCCCC2C1. The molecule has 5 heteroatoms. The van der Waals surface area contributed by atoms with Gasteiger partial charge in [-0.2, -0.15) is 11.8 Å². The molecular formula is C15H27N3OS. The molecule has 1 aliphatic carbocycles. The van der Waals surface area contributed by atoms with Crippen molar-refractivity contribution in [1.82, 2.24) is 10.2 Å². The van der Waals surface area contributed by atoms with E-state index < -0.39 is 5.60 Å². The molecule has 2 N–H and O–H groups in total. The van der Waals surface area contributed by atoms with Gasteiger partial charge in [-0.1, -0.05) is 12.8 Å². The minimum Gasteiger partial charge on any atom is -0.387 e. The summed E-state index contributed by atoms with van der Waals surface area (Å²) < 4.78 is 0. The van der Waals surface area contributed by atoms with Crippen LogP contribution in [-0.4, -0.2) is 59.8 Å². The molecule has 3 aliphatic rings. The van der Waals surface area contributed by atoms with Gasteiger partial charge in [0.25, 0.3) is 0 Å². The van der Waals surface area contributed by atoms with Crippen LogP contribution in [0.1, 0.15) is 32.1 Å². The molecular weight excluding hydrogens is 270 g/mol. The van der Waals surface area contributed by atoms with Crippen LogP contribution in [0.2, 0.25) is 0 Å². The molecule has 0 aromatic heterocycles. The van der Waals surface area contributed by atoms with E-state index in [1.54, 1.807) is 0 Å². The molecule has 0 aromatic carbocycles. The topological polar surface area (TPSA) is 47.9 Å². The Morgan fingerprint density at radius 1 is 1.35 bits per heavy atom. The highest BCUT2D eigenvalue weighted by atomic mass is 32.2. The molecule has 1 saturated carbocycles. The number of aliphatic hydroxyl groups is 1. The Hall–Kier alpha value is -0.420. The predicted octanol–water partition coefficient (Wildman–Crippen LogP) is 1.55. The van der Waals surface area contributed by atoms with Crippen LogP contribution in [0.5, 0.6) is 0 Å². The van der Waals surface area contributed by atoms with Crippen molar-refractivity contribution >= 4 is 17.7 Å². The lowest BCUT2D eigenvalue weighted by Crippen LogP contribution is -2.48. The minimum absolute atomic E-state index is 0.535. The molecule has 2 heterocycles. The molecule has 2 saturated heterocycles. The van der Waals surface area contributed by atoms with Gasteiger partial charge in [0, 0.05) is 32.4 Å². The fourth-order valence-corrected chi connectivity index (χ4v) is 5.19. The third kappa shape index (κ3) is 3.08. The first kappa shape index (κ1) is 14.5. The lowest BCUT2D eigenvalue weighted by atomic mass is 9.82. The van der Waals surface area contributed by atoms with E-state index in [2.05, 4.69) is 15.2 Å². The van der Waals surface area contributed by atoms with Crippen molar-refractivity contribution in [3.63, 3.8) is 0 Å². The molecule has 4 nitrogen and oxygen atoms in total. The van der Waals surface area contributed by atoms with Crippen molar-refractivity contribution in [2.75, 3.05) is 38.2 Å². The summed E-state index contributed by atoms with van der Waals surface area (Å²) in [7, 11) is 1.86. The van der Waals surface area contributed by atoms with Gasteiger partial charge in [0.15, 0.2) is 5.96 Å². The van der Waals surface area contributed by atoms with E-state index in [-0.39, 0.29) is 0 Å². The van der Waals surface area contributed by atoms with Crippen molar-refractivity contribution in [2.45, 2.75) is 37.7 Å². The van der Waals surface area contributed by atoms with Crippen molar-refractivity contribution in [3.8, 4) is 0 Å². The zero-order valence-electron chi connectivity index (χ0n) is 12.5. The van der Waals surface area contributed by atoms with Crippen molar-refractivity contribution in [2.24, 2.45) is 16.8 Å². The van der Waals surface area contributed by atoms with E-state index in [4.69, 9.17) is 0 Å². The summed E-state index contributed by atoms with van der Waals surface area (Å²) in [5.41, 5.74) is -0.535. The first-order valence-corrected chi connectivity index (χ1v) is 9.11. The summed E-state index contributed by atoms with van der Waals surface area (Å²) >= 11 is 1.85. The second-order valence-electron chi connectivity index (χ2n) is 6.64. The molecule has 114 valence electrons. The van der Waals surface area contributed by atoms with E-state index in [1.165, 1.54) is 25.7 Å². The molecule has 0 aromatic rings. The largest absolute Gasteiger partial charge is 0.387 e. The Kier molecular flexibility index (Phi) is 4.46. The quantitative estimate of drug-likeness (QED) is 0.600. The highest BCUT2D eigenvalue weighted by Gasteiger charge is 2.37. The molecule has 3 rings (SSSR count). The predicted molar refractivity (Wildman–Crippen MR) is 85.3 cm³/mol. The van der Waals surface area contributed by atoms with Gasteiger partial charge in [-0.25, -0.2) is 0 Å². The Bertz CT molecular complexity index is 354. The molecule has 20 heavy (non-hydrogen) atoms. The van der Waals surface area contributed by atoms with E-state index in [9.17, 15) is 5.11 Å². The Balaban J connectivity index is 1.54. The maximum Gasteiger partial charge on any atom is 0.193 e. The van der Waals surface area contributed by atoms with Gasteiger partial charge in [-0.05, 0) is 36.9 Å². The fourth-order valence-electron chi connectivity index (χ4n) is 3.89. The first-order chi connectivity index (χ1) is 9.70. The average molecular weight is 297 g/mol. The van der Waals surface area contributed by atoms with Crippen LogP contribution in [0.25, 0.3) is 0 Å². The number of hydrogen-bond donors (Lipinski definition) is 2. The molecule has 2 aliphatic heterocycles. The summed E-state index contributed by atoms with van der Waals surface area (Å²) in [6.07, 6.45) is 6.47. The second kappa shape index (κ2) is 6.14. The zero-order valence-corrected chi connectivity index (χ0v) is 13.3. The van der Waals surface area contributed by atoms with Crippen LogP contribution in [0.3, 0.4) is 0 Å². The van der Waals surface area contributed by atoms with Crippen LogP contribution in [0, 0.1) is 11.8 Å². The monoisotopic (exact) mass is 297 g/mol. The lowest BCUT2D eigenvalue weighted by Gasteiger charge is -2.27. The third-order valence-corrected chi connectivity index (χ3v) is 6.38. The van der Waals surface area contributed by atoms with Crippen molar-refractivity contribution < 1.29 is 5.11 Å². The van der Waals surface area contributed by atoms with Gasteiger partial charge in [0.2, 0.25) is 0 Å².